The van der Waals surface area contributed by atoms with Gasteiger partial charge in [-0.15, -0.1) is 0 Å². The van der Waals surface area contributed by atoms with E-state index in [9.17, 15) is 9.59 Å². The molecule has 24 heavy (non-hydrogen) atoms. The van der Waals surface area contributed by atoms with Crippen LogP contribution >= 0.6 is 0 Å². The number of aromatic amines is 1. The molecule has 0 aliphatic carbocycles. The van der Waals surface area contributed by atoms with Crippen LogP contribution in [0.15, 0.2) is 42.6 Å². The van der Waals surface area contributed by atoms with E-state index in [1.165, 1.54) is 6.08 Å². The zero-order valence-electron chi connectivity index (χ0n) is 13.5. The van der Waals surface area contributed by atoms with E-state index in [2.05, 4.69) is 9.97 Å². The summed E-state index contributed by atoms with van der Waals surface area (Å²) in [5.74, 6) is -0.458. The van der Waals surface area contributed by atoms with E-state index in [4.69, 9.17) is 5.73 Å². The zero-order chi connectivity index (χ0) is 17.3. The van der Waals surface area contributed by atoms with Gasteiger partial charge in [0, 0.05) is 40.0 Å². The number of pyridine rings is 1. The molecule has 2 aromatic heterocycles. The number of aromatic nitrogens is 2. The first-order chi connectivity index (χ1) is 11.5. The minimum Gasteiger partial charge on any atom is -0.366 e. The molecule has 3 aromatic rings. The SMILES string of the molecule is CC(=O)c1ccc(-c2cc3c(C=CC(N)=O)c[nH]c3nc2C)cc1. The van der Waals surface area contributed by atoms with Crippen LogP contribution in [0.25, 0.3) is 28.2 Å². The van der Waals surface area contributed by atoms with E-state index in [-0.39, 0.29) is 5.78 Å². The number of carbonyl (C=O) groups excluding carboxylic acids is 2. The van der Waals surface area contributed by atoms with Crippen LogP contribution in [0.1, 0.15) is 28.5 Å². The van der Waals surface area contributed by atoms with Crippen molar-refractivity contribution in [2.75, 3.05) is 0 Å². The van der Waals surface area contributed by atoms with Crippen LogP contribution in [0.4, 0.5) is 0 Å². The minimum atomic E-state index is -0.496. The van der Waals surface area contributed by atoms with Crippen molar-refractivity contribution >= 4 is 28.8 Å². The number of nitrogens with one attached hydrogen (secondary N) is 1. The average Bonchev–Trinajstić information content (AvgIpc) is 2.94. The number of aryl methyl sites for hydroxylation is 1. The van der Waals surface area contributed by atoms with Gasteiger partial charge in [0.25, 0.3) is 0 Å². The number of ketones is 1. The molecule has 5 heteroatoms. The molecule has 5 nitrogen and oxygen atoms in total. The second-order valence-corrected chi connectivity index (χ2v) is 5.63. The third kappa shape index (κ3) is 2.96. The molecule has 0 aliphatic rings. The number of nitrogens with two attached hydrogens (primary N) is 1. The summed E-state index contributed by atoms with van der Waals surface area (Å²) in [6.45, 7) is 3.48. The summed E-state index contributed by atoms with van der Waals surface area (Å²) in [4.78, 5) is 30.0. The van der Waals surface area contributed by atoms with Gasteiger partial charge in [-0.2, -0.15) is 0 Å². The molecule has 0 bridgehead atoms. The molecule has 0 spiro atoms. The Balaban J connectivity index is 2.10. The highest BCUT2D eigenvalue weighted by Gasteiger charge is 2.10. The lowest BCUT2D eigenvalue weighted by atomic mass is 10.00. The van der Waals surface area contributed by atoms with Gasteiger partial charge in [-0.3, -0.25) is 9.59 Å². The van der Waals surface area contributed by atoms with E-state index in [1.54, 1.807) is 19.2 Å². The van der Waals surface area contributed by atoms with Gasteiger partial charge < -0.3 is 10.7 Å². The van der Waals surface area contributed by atoms with Crippen molar-refractivity contribution in [3.63, 3.8) is 0 Å². The summed E-state index contributed by atoms with van der Waals surface area (Å²) in [5.41, 5.74) is 10.3. The molecule has 0 radical (unpaired) electrons. The number of nitrogens with zero attached hydrogens (tertiary/aromatic N) is 1. The molecule has 0 unspecified atom stereocenters. The molecule has 0 atom stereocenters. The van der Waals surface area contributed by atoms with Crippen LogP contribution in [0, 0.1) is 6.92 Å². The Morgan fingerprint density at radius 2 is 1.92 bits per heavy atom. The second-order valence-electron chi connectivity index (χ2n) is 5.63. The number of benzene rings is 1. The molecule has 0 saturated heterocycles. The smallest absolute Gasteiger partial charge is 0.241 e. The predicted octanol–water partition coefficient (Wildman–Crippen LogP) is 3.24. The Bertz CT molecular complexity index is 966. The summed E-state index contributed by atoms with van der Waals surface area (Å²) < 4.78 is 0. The summed E-state index contributed by atoms with van der Waals surface area (Å²) >= 11 is 0. The maximum atomic E-state index is 11.4. The number of H-pyrrole nitrogens is 1. The molecule has 3 N–H and O–H groups in total. The molecule has 120 valence electrons. The minimum absolute atomic E-state index is 0.0383. The summed E-state index contributed by atoms with van der Waals surface area (Å²) in [7, 11) is 0. The monoisotopic (exact) mass is 319 g/mol. The first-order valence-electron chi connectivity index (χ1n) is 7.53. The fraction of sp³-hybridized carbons (Fsp3) is 0.105. The quantitative estimate of drug-likeness (QED) is 0.571. The summed E-state index contributed by atoms with van der Waals surface area (Å²) in [6.07, 6.45) is 4.78. The van der Waals surface area contributed by atoms with Crippen molar-refractivity contribution in [1.82, 2.24) is 9.97 Å². The fourth-order valence-corrected chi connectivity index (χ4v) is 2.65. The van der Waals surface area contributed by atoms with Crippen molar-refractivity contribution in [2.24, 2.45) is 5.73 Å². The number of hydrogen-bond acceptors (Lipinski definition) is 3. The van der Waals surface area contributed by atoms with Crippen LogP contribution < -0.4 is 5.73 Å². The van der Waals surface area contributed by atoms with Gasteiger partial charge in [-0.25, -0.2) is 4.98 Å². The Hall–Kier alpha value is -3.21. The number of hydrogen-bond donors (Lipinski definition) is 2. The highest BCUT2D eigenvalue weighted by atomic mass is 16.1. The maximum absolute atomic E-state index is 11.4. The van der Waals surface area contributed by atoms with Crippen LogP contribution in [-0.2, 0) is 4.79 Å². The molecular weight excluding hydrogens is 302 g/mol. The second kappa shape index (κ2) is 6.12. The van der Waals surface area contributed by atoms with E-state index < -0.39 is 5.91 Å². The fourth-order valence-electron chi connectivity index (χ4n) is 2.65. The highest BCUT2D eigenvalue weighted by molar-refractivity contribution is 5.96. The average molecular weight is 319 g/mol. The van der Waals surface area contributed by atoms with E-state index in [0.29, 0.717) is 5.56 Å². The standard InChI is InChI=1S/C19H17N3O2/c1-11-16(14-5-3-13(4-6-14)12(2)23)9-17-15(7-8-18(20)24)10-21-19(17)22-11/h3-10H,1-2H3,(H2,20,24)(H,21,22). The van der Waals surface area contributed by atoms with Crippen molar-refractivity contribution in [2.45, 2.75) is 13.8 Å². The largest absolute Gasteiger partial charge is 0.366 e. The summed E-state index contributed by atoms with van der Waals surface area (Å²) in [6, 6.07) is 9.48. The first-order valence-corrected chi connectivity index (χ1v) is 7.53. The van der Waals surface area contributed by atoms with Crippen LogP contribution in [0.3, 0.4) is 0 Å². The number of rotatable bonds is 4. The van der Waals surface area contributed by atoms with E-state index in [0.717, 1.165) is 33.4 Å². The third-order valence-corrected chi connectivity index (χ3v) is 3.92. The zero-order valence-corrected chi connectivity index (χ0v) is 13.5. The topological polar surface area (TPSA) is 88.8 Å². The van der Waals surface area contributed by atoms with Crippen molar-refractivity contribution in [1.29, 1.82) is 0 Å². The Labute approximate surface area is 139 Å². The van der Waals surface area contributed by atoms with Crippen LogP contribution in [-0.4, -0.2) is 21.7 Å². The first kappa shape index (κ1) is 15.7. The number of fused-ring (bicyclic) bond motifs is 1. The molecule has 0 aliphatic heterocycles. The molecule has 3 rings (SSSR count). The number of carbonyl (C=O) groups is 2. The van der Waals surface area contributed by atoms with Gasteiger partial charge in [0.1, 0.15) is 5.65 Å². The number of Topliss-reactive ketones (excluding diaryl/α,β-unsaturated/α-hetero) is 1. The molecule has 0 fully saturated rings. The van der Waals surface area contributed by atoms with Gasteiger partial charge in [-0.05, 0) is 31.6 Å². The van der Waals surface area contributed by atoms with Crippen molar-refractivity contribution in [3.8, 4) is 11.1 Å². The molecule has 1 amide bonds. The van der Waals surface area contributed by atoms with Crippen LogP contribution in [0.5, 0.6) is 0 Å². The van der Waals surface area contributed by atoms with Crippen molar-refractivity contribution in [3.05, 3.63) is 59.4 Å². The number of primary amides is 1. The van der Waals surface area contributed by atoms with E-state index >= 15 is 0 Å². The lowest BCUT2D eigenvalue weighted by Crippen LogP contribution is -2.04. The molecule has 2 heterocycles. The van der Waals surface area contributed by atoms with Crippen molar-refractivity contribution < 1.29 is 9.59 Å². The van der Waals surface area contributed by atoms with Gasteiger partial charge in [0.15, 0.2) is 5.78 Å². The highest BCUT2D eigenvalue weighted by Crippen LogP contribution is 2.28. The molecular formula is C19H17N3O2. The normalized spacial score (nSPS) is 11.2. The number of amides is 1. The maximum Gasteiger partial charge on any atom is 0.241 e. The Kier molecular flexibility index (Phi) is 4.00. The lowest BCUT2D eigenvalue weighted by molar-refractivity contribution is -0.113. The summed E-state index contributed by atoms with van der Waals surface area (Å²) in [5, 5.41) is 0.906. The lowest BCUT2D eigenvalue weighted by Gasteiger charge is -2.07. The van der Waals surface area contributed by atoms with Gasteiger partial charge in [0.05, 0.1) is 0 Å². The van der Waals surface area contributed by atoms with Crippen LogP contribution in [0.2, 0.25) is 0 Å². The van der Waals surface area contributed by atoms with Gasteiger partial charge in [-0.1, -0.05) is 24.3 Å². The van der Waals surface area contributed by atoms with Gasteiger partial charge >= 0.3 is 0 Å². The van der Waals surface area contributed by atoms with E-state index in [1.807, 2.05) is 37.3 Å². The molecule has 1 aromatic carbocycles. The predicted molar refractivity (Wildman–Crippen MR) is 94.5 cm³/mol. The Morgan fingerprint density at radius 3 is 2.54 bits per heavy atom. The Morgan fingerprint density at radius 1 is 1.21 bits per heavy atom. The molecule has 0 saturated carbocycles. The third-order valence-electron chi connectivity index (χ3n) is 3.92. The van der Waals surface area contributed by atoms with Gasteiger partial charge in [0.2, 0.25) is 5.91 Å².